The average Bonchev–Trinajstić information content (AvgIpc) is 2.69. The Hall–Kier alpha value is -2.50. The molecule has 8 heteroatoms. The second kappa shape index (κ2) is 17.6. The molecule has 0 aliphatic heterocycles. The van der Waals surface area contributed by atoms with Gasteiger partial charge in [0.25, 0.3) is 0 Å². The molecule has 0 radical (unpaired) electrons. The van der Waals surface area contributed by atoms with E-state index in [0.29, 0.717) is 24.2 Å². The molecule has 0 bridgehead atoms. The van der Waals surface area contributed by atoms with Crippen molar-refractivity contribution < 1.29 is 52.3 Å². The molecule has 2 aromatic carbocycles. The molecule has 0 unspecified atom stereocenters. The maximum absolute atomic E-state index is 11.4. The van der Waals surface area contributed by atoms with E-state index in [1.165, 1.54) is 12.1 Å². The molecule has 29 heavy (non-hydrogen) atoms. The minimum Gasteiger partial charge on any atom is -2.00 e. The average molecular weight is 615 g/mol. The largest absolute Gasteiger partial charge is 2.00 e. The summed E-state index contributed by atoms with van der Waals surface area (Å²) >= 11 is 0. The van der Waals surface area contributed by atoms with Crippen LogP contribution in [0, 0.1) is 31.1 Å². The van der Waals surface area contributed by atoms with E-state index in [9.17, 15) is 10.2 Å². The first-order valence-electron chi connectivity index (χ1n) is 8.14. The monoisotopic (exact) mass is 615 g/mol. The fraction of sp³-hybridized carbons (Fsp3) is 0.0952. The van der Waals surface area contributed by atoms with Crippen molar-refractivity contribution in [3.05, 3.63) is 90.3 Å². The van der Waals surface area contributed by atoms with Crippen molar-refractivity contribution in [1.82, 2.24) is 4.98 Å². The molecule has 0 atom stereocenters. The Bertz CT molecular complexity index is 764. The van der Waals surface area contributed by atoms with Crippen molar-refractivity contribution in [3.63, 3.8) is 0 Å². The Morgan fingerprint density at radius 1 is 0.655 bits per heavy atom. The van der Waals surface area contributed by atoms with Crippen molar-refractivity contribution in [2.45, 2.75) is 0 Å². The predicted octanol–water partition coefficient (Wildman–Crippen LogP) is 2.22. The molecule has 1 heterocycles. The summed E-state index contributed by atoms with van der Waals surface area (Å²) < 4.78 is 0. The van der Waals surface area contributed by atoms with Gasteiger partial charge in [-0.1, -0.05) is 54.6 Å². The molecule has 7 nitrogen and oxygen atoms in total. The molecule has 3 rings (SSSR count). The van der Waals surface area contributed by atoms with Crippen LogP contribution < -0.4 is 10.2 Å². The van der Waals surface area contributed by atoms with Gasteiger partial charge in [-0.15, -0.1) is 11.5 Å². The van der Waals surface area contributed by atoms with Crippen LogP contribution in [0.5, 0.6) is 11.5 Å². The topological polar surface area (TPSA) is 141 Å². The second-order valence-electron chi connectivity index (χ2n) is 5.17. The third kappa shape index (κ3) is 11.8. The standard InChI is InChI=1S/C16H16N2O2.C5H5N.2O.U/c19-15-7-3-1-5-13(15)11-17-9-10-18-12-14-6-2-4-8-16(14)20;1-2-4-6-5-3-1;;;/h1-8,11-12,19-20H,9-10H2;1-5H;;;/q;;2*-2;/p-2. The quantitative estimate of drug-likeness (QED) is 0.321. The zero-order chi connectivity index (χ0) is 18.5. The Morgan fingerprint density at radius 2 is 1.07 bits per heavy atom. The fourth-order valence-electron chi connectivity index (χ4n) is 1.93. The van der Waals surface area contributed by atoms with E-state index in [2.05, 4.69) is 15.0 Å². The molecule has 3 aromatic rings. The van der Waals surface area contributed by atoms with Crippen molar-refractivity contribution in [2.75, 3.05) is 13.1 Å². The fourth-order valence-corrected chi connectivity index (χ4v) is 1.93. The van der Waals surface area contributed by atoms with Gasteiger partial charge in [-0.25, -0.2) is 0 Å². The van der Waals surface area contributed by atoms with Crippen LogP contribution in [0.4, 0.5) is 0 Å². The van der Waals surface area contributed by atoms with Crippen LogP contribution in [0.15, 0.2) is 89.1 Å². The number of para-hydroxylation sites is 2. The SMILES string of the molecule is [O-2].[O-2].[O-]c1ccccc1C=NCCN=Cc1ccccc1[O-].[U].c1ccncc1. The van der Waals surface area contributed by atoms with E-state index in [-0.39, 0.29) is 53.6 Å². The molecule has 1 aromatic heterocycles. The van der Waals surface area contributed by atoms with Crippen LogP contribution in [-0.2, 0) is 11.0 Å². The van der Waals surface area contributed by atoms with E-state index in [4.69, 9.17) is 0 Å². The van der Waals surface area contributed by atoms with Crippen LogP contribution in [0.1, 0.15) is 11.1 Å². The van der Waals surface area contributed by atoms with Crippen LogP contribution in [0.2, 0.25) is 0 Å². The summed E-state index contributed by atoms with van der Waals surface area (Å²) in [5, 5.41) is 22.8. The molecule has 0 saturated heterocycles. The van der Waals surface area contributed by atoms with Crippen LogP contribution in [0.3, 0.4) is 0 Å². The molecular formula is C21H19N3O4U-6. The number of benzene rings is 2. The van der Waals surface area contributed by atoms with Crippen LogP contribution >= 0.6 is 0 Å². The van der Waals surface area contributed by atoms with Gasteiger partial charge in [0.1, 0.15) is 0 Å². The van der Waals surface area contributed by atoms with Gasteiger partial charge in [0.2, 0.25) is 0 Å². The molecule has 0 spiro atoms. The minimum atomic E-state index is -0.0416. The maximum Gasteiger partial charge on any atom is 0.0585 e. The van der Waals surface area contributed by atoms with Crippen molar-refractivity contribution in [3.8, 4) is 11.5 Å². The summed E-state index contributed by atoms with van der Waals surface area (Å²) in [4.78, 5) is 12.1. The number of aromatic nitrogens is 1. The van der Waals surface area contributed by atoms with Crippen molar-refractivity contribution in [2.24, 2.45) is 9.98 Å². The van der Waals surface area contributed by atoms with Gasteiger partial charge in [-0.3, -0.25) is 15.0 Å². The number of hydrogen-bond acceptors (Lipinski definition) is 5. The zero-order valence-corrected chi connectivity index (χ0v) is 19.7. The third-order valence-corrected chi connectivity index (χ3v) is 3.22. The first-order chi connectivity index (χ1) is 12.8. The van der Waals surface area contributed by atoms with Crippen LogP contribution in [-0.4, -0.2) is 30.5 Å². The molecule has 152 valence electrons. The van der Waals surface area contributed by atoms with Crippen LogP contribution in [0.25, 0.3) is 0 Å². The number of hydrogen-bond donors (Lipinski definition) is 0. The van der Waals surface area contributed by atoms with E-state index >= 15 is 0 Å². The first kappa shape index (κ1) is 28.7. The van der Waals surface area contributed by atoms with Gasteiger partial charge in [0.15, 0.2) is 0 Å². The van der Waals surface area contributed by atoms with Crippen molar-refractivity contribution in [1.29, 1.82) is 0 Å². The van der Waals surface area contributed by atoms with E-state index < -0.39 is 0 Å². The summed E-state index contributed by atoms with van der Waals surface area (Å²) in [7, 11) is 0. The first-order valence-corrected chi connectivity index (χ1v) is 8.14. The van der Waals surface area contributed by atoms with Gasteiger partial charge in [-0.05, 0) is 23.3 Å². The van der Waals surface area contributed by atoms with E-state index in [1.54, 1.807) is 61.2 Å². The van der Waals surface area contributed by atoms with E-state index in [1.807, 2.05) is 18.2 Å². The van der Waals surface area contributed by atoms with E-state index in [0.717, 1.165) is 0 Å². The minimum absolute atomic E-state index is 0. The molecule has 0 fully saturated rings. The summed E-state index contributed by atoms with van der Waals surface area (Å²) in [6.45, 7) is 0.956. The Balaban J connectivity index is 0. The second-order valence-corrected chi connectivity index (χ2v) is 5.17. The normalized spacial score (nSPS) is 9.52. The molecule has 0 N–H and O–H groups in total. The Kier molecular flexibility index (Phi) is 17.4. The number of aliphatic imine (C=N–C) groups is 2. The predicted molar refractivity (Wildman–Crippen MR) is 102 cm³/mol. The number of rotatable bonds is 5. The third-order valence-electron chi connectivity index (χ3n) is 3.22. The summed E-state index contributed by atoms with van der Waals surface area (Å²) in [5.74, 6) is -0.0833. The zero-order valence-electron chi connectivity index (χ0n) is 15.5. The van der Waals surface area contributed by atoms with Gasteiger partial charge >= 0.3 is 0 Å². The summed E-state index contributed by atoms with van der Waals surface area (Å²) in [5.41, 5.74) is 1.14. The molecule has 0 saturated carbocycles. The van der Waals surface area contributed by atoms with Gasteiger partial charge in [-0.2, -0.15) is 0 Å². The van der Waals surface area contributed by atoms with Gasteiger partial charge < -0.3 is 21.2 Å². The van der Waals surface area contributed by atoms with Gasteiger partial charge in [0, 0.05) is 55.9 Å². The Morgan fingerprint density at radius 3 is 1.38 bits per heavy atom. The molecule has 0 aliphatic carbocycles. The van der Waals surface area contributed by atoms with Crippen molar-refractivity contribution >= 4 is 12.4 Å². The van der Waals surface area contributed by atoms with Gasteiger partial charge in [0.05, 0.1) is 13.1 Å². The molecule has 0 amide bonds. The number of nitrogens with zero attached hydrogens (tertiary/aromatic N) is 3. The molecular weight excluding hydrogens is 596 g/mol. The Labute approximate surface area is 193 Å². The summed E-state index contributed by atoms with van der Waals surface area (Å²) in [6.07, 6.45) is 6.61. The molecule has 0 aliphatic rings. The summed E-state index contributed by atoms with van der Waals surface area (Å²) in [6, 6.07) is 19.2. The number of pyridine rings is 1. The smallest absolute Gasteiger partial charge is 0.0585 e. The maximum atomic E-state index is 11.4.